The number of halogens is 4. The third kappa shape index (κ3) is 5.70. The van der Waals surface area contributed by atoms with E-state index < -0.39 is 18.6 Å². The molecule has 0 bridgehead atoms. The molecule has 0 aromatic heterocycles. The number of anilines is 1. The number of nitrogens with two attached hydrogens (primary N) is 1. The Labute approximate surface area is 118 Å². The van der Waals surface area contributed by atoms with E-state index in [1.54, 1.807) is 12.1 Å². The summed E-state index contributed by atoms with van der Waals surface area (Å²) < 4.78 is 36.7. The van der Waals surface area contributed by atoms with Crippen molar-refractivity contribution in [2.24, 2.45) is 5.73 Å². The third-order valence-electron chi connectivity index (χ3n) is 2.90. The van der Waals surface area contributed by atoms with Gasteiger partial charge < -0.3 is 10.6 Å². The smallest absolute Gasteiger partial charge is 0.372 e. The SMILES string of the molecule is CCN(CC)c1ccc([C@H](N)CC(F)(F)F)cc1.Cl. The molecule has 19 heavy (non-hydrogen) atoms. The molecule has 0 amide bonds. The van der Waals surface area contributed by atoms with Gasteiger partial charge in [0.2, 0.25) is 0 Å². The first-order valence-electron chi connectivity index (χ1n) is 6.04. The molecule has 0 radical (unpaired) electrons. The maximum Gasteiger partial charge on any atom is 0.390 e. The van der Waals surface area contributed by atoms with E-state index in [1.165, 1.54) is 0 Å². The highest BCUT2D eigenvalue weighted by Gasteiger charge is 2.30. The van der Waals surface area contributed by atoms with E-state index in [9.17, 15) is 13.2 Å². The fourth-order valence-corrected chi connectivity index (χ4v) is 1.89. The molecule has 0 saturated carbocycles. The molecule has 0 aliphatic heterocycles. The van der Waals surface area contributed by atoms with Gasteiger partial charge in [-0.2, -0.15) is 13.2 Å². The third-order valence-corrected chi connectivity index (χ3v) is 2.90. The maximum atomic E-state index is 12.2. The van der Waals surface area contributed by atoms with Crippen LogP contribution in [0, 0.1) is 0 Å². The monoisotopic (exact) mass is 296 g/mol. The van der Waals surface area contributed by atoms with Crippen LogP contribution in [0.25, 0.3) is 0 Å². The lowest BCUT2D eigenvalue weighted by Crippen LogP contribution is -2.22. The van der Waals surface area contributed by atoms with Gasteiger partial charge >= 0.3 is 6.18 Å². The lowest BCUT2D eigenvalue weighted by Gasteiger charge is -2.22. The number of benzene rings is 1. The van der Waals surface area contributed by atoms with Gasteiger partial charge in [0.1, 0.15) is 0 Å². The van der Waals surface area contributed by atoms with E-state index in [0.29, 0.717) is 5.56 Å². The van der Waals surface area contributed by atoms with Gasteiger partial charge in [0.25, 0.3) is 0 Å². The van der Waals surface area contributed by atoms with E-state index in [4.69, 9.17) is 5.73 Å². The van der Waals surface area contributed by atoms with E-state index in [0.717, 1.165) is 18.8 Å². The summed E-state index contributed by atoms with van der Waals surface area (Å²) in [7, 11) is 0. The van der Waals surface area contributed by atoms with Crippen molar-refractivity contribution in [3.8, 4) is 0 Å². The zero-order chi connectivity index (χ0) is 13.8. The summed E-state index contributed by atoms with van der Waals surface area (Å²) >= 11 is 0. The Morgan fingerprint density at radius 2 is 1.58 bits per heavy atom. The lowest BCUT2D eigenvalue weighted by atomic mass is 10.0. The minimum atomic E-state index is -4.23. The molecule has 2 nitrogen and oxygen atoms in total. The minimum Gasteiger partial charge on any atom is -0.372 e. The van der Waals surface area contributed by atoms with Crippen LogP contribution in [0.3, 0.4) is 0 Å². The van der Waals surface area contributed by atoms with E-state index >= 15 is 0 Å². The molecule has 0 aliphatic carbocycles. The molecule has 2 N–H and O–H groups in total. The average molecular weight is 297 g/mol. The predicted molar refractivity (Wildman–Crippen MR) is 74.9 cm³/mol. The zero-order valence-electron chi connectivity index (χ0n) is 11.1. The summed E-state index contributed by atoms with van der Waals surface area (Å²) in [4.78, 5) is 2.12. The molecule has 0 saturated heterocycles. The molecule has 1 aromatic rings. The number of nitrogens with zero attached hydrogens (tertiary/aromatic N) is 1. The highest BCUT2D eigenvalue weighted by Crippen LogP contribution is 2.28. The summed E-state index contributed by atoms with van der Waals surface area (Å²) in [5, 5.41) is 0. The van der Waals surface area contributed by atoms with E-state index in [-0.39, 0.29) is 12.4 Å². The quantitative estimate of drug-likeness (QED) is 0.893. The van der Waals surface area contributed by atoms with E-state index in [1.807, 2.05) is 26.0 Å². The number of hydrogen-bond acceptors (Lipinski definition) is 2. The summed E-state index contributed by atoms with van der Waals surface area (Å²) in [6, 6.07) is 5.99. The summed E-state index contributed by atoms with van der Waals surface area (Å²) in [6.45, 7) is 5.80. The van der Waals surface area contributed by atoms with Crippen molar-refractivity contribution < 1.29 is 13.2 Å². The van der Waals surface area contributed by atoms with Crippen molar-refractivity contribution in [1.29, 1.82) is 0 Å². The number of alkyl halides is 3. The van der Waals surface area contributed by atoms with Gasteiger partial charge in [0, 0.05) is 24.8 Å². The second-order valence-corrected chi connectivity index (χ2v) is 4.19. The molecule has 0 spiro atoms. The Balaban J connectivity index is 0.00000324. The Morgan fingerprint density at radius 3 is 1.95 bits per heavy atom. The highest BCUT2D eigenvalue weighted by molar-refractivity contribution is 5.85. The van der Waals surface area contributed by atoms with Gasteiger partial charge in [-0.25, -0.2) is 0 Å². The molecular weight excluding hydrogens is 277 g/mol. The minimum absolute atomic E-state index is 0. The van der Waals surface area contributed by atoms with Gasteiger partial charge in [0.15, 0.2) is 0 Å². The van der Waals surface area contributed by atoms with Crippen molar-refractivity contribution in [2.75, 3.05) is 18.0 Å². The molecule has 1 rings (SSSR count). The van der Waals surface area contributed by atoms with Crippen LogP contribution in [-0.4, -0.2) is 19.3 Å². The summed E-state index contributed by atoms with van der Waals surface area (Å²) in [5.41, 5.74) is 7.06. The Morgan fingerprint density at radius 1 is 1.11 bits per heavy atom. The van der Waals surface area contributed by atoms with Crippen LogP contribution in [-0.2, 0) is 0 Å². The largest absolute Gasteiger partial charge is 0.390 e. The maximum absolute atomic E-state index is 12.2. The molecule has 0 heterocycles. The van der Waals surface area contributed by atoms with Crippen LogP contribution in [0.15, 0.2) is 24.3 Å². The van der Waals surface area contributed by atoms with Crippen LogP contribution in [0.1, 0.15) is 31.9 Å². The van der Waals surface area contributed by atoms with Crippen LogP contribution in [0.5, 0.6) is 0 Å². The molecular formula is C13H20ClF3N2. The second kappa shape index (κ2) is 7.60. The lowest BCUT2D eigenvalue weighted by molar-refractivity contribution is -0.138. The van der Waals surface area contributed by atoms with Crippen molar-refractivity contribution in [3.05, 3.63) is 29.8 Å². The molecule has 110 valence electrons. The molecule has 1 aromatic carbocycles. The normalized spacial score (nSPS) is 12.7. The highest BCUT2D eigenvalue weighted by atomic mass is 35.5. The topological polar surface area (TPSA) is 29.3 Å². The first kappa shape index (κ1) is 18.1. The average Bonchev–Trinajstić information content (AvgIpc) is 2.29. The van der Waals surface area contributed by atoms with Gasteiger partial charge in [-0.1, -0.05) is 12.1 Å². The van der Waals surface area contributed by atoms with Gasteiger partial charge in [0.05, 0.1) is 6.42 Å². The Kier molecular flexibility index (Phi) is 7.23. The first-order valence-corrected chi connectivity index (χ1v) is 6.04. The van der Waals surface area contributed by atoms with Crippen LogP contribution >= 0.6 is 12.4 Å². The van der Waals surface area contributed by atoms with Crippen molar-refractivity contribution in [3.63, 3.8) is 0 Å². The fraction of sp³-hybridized carbons (Fsp3) is 0.538. The number of hydrogen-bond donors (Lipinski definition) is 1. The fourth-order valence-electron chi connectivity index (χ4n) is 1.89. The van der Waals surface area contributed by atoms with Crippen LogP contribution < -0.4 is 10.6 Å². The van der Waals surface area contributed by atoms with Crippen LogP contribution in [0.4, 0.5) is 18.9 Å². The summed E-state index contributed by atoms with van der Waals surface area (Å²) in [6.07, 6.45) is -5.21. The molecule has 6 heteroatoms. The van der Waals surface area contributed by atoms with Crippen molar-refractivity contribution in [2.45, 2.75) is 32.5 Å². The second-order valence-electron chi connectivity index (χ2n) is 4.19. The first-order chi connectivity index (χ1) is 8.37. The van der Waals surface area contributed by atoms with Crippen molar-refractivity contribution >= 4 is 18.1 Å². The molecule has 0 fully saturated rings. The standard InChI is InChI=1S/C13H19F3N2.ClH/c1-3-18(4-2)11-7-5-10(6-8-11)12(17)9-13(14,15)16;/h5-8,12H,3-4,9,17H2,1-2H3;1H/t12-;/m1./s1. The number of rotatable bonds is 5. The Hall–Kier alpha value is -0.940. The van der Waals surface area contributed by atoms with Crippen LogP contribution in [0.2, 0.25) is 0 Å². The molecule has 0 unspecified atom stereocenters. The Bertz CT molecular complexity index is 361. The van der Waals surface area contributed by atoms with Gasteiger partial charge in [-0.3, -0.25) is 0 Å². The molecule has 0 aliphatic rings. The zero-order valence-corrected chi connectivity index (χ0v) is 11.9. The van der Waals surface area contributed by atoms with Gasteiger partial charge in [-0.15, -0.1) is 12.4 Å². The molecule has 1 atom stereocenters. The predicted octanol–water partition coefficient (Wildman–Crippen LogP) is 3.91. The summed E-state index contributed by atoms with van der Waals surface area (Å²) in [5.74, 6) is 0. The van der Waals surface area contributed by atoms with Gasteiger partial charge in [-0.05, 0) is 31.5 Å². The van der Waals surface area contributed by atoms with Crippen molar-refractivity contribution in [1.82, 2.24) is 0 Å². The van der Waals surface area contributed by atoms with E-state index in [2.05, 4.69) is 4.90 Å².